The van der Waals surface area contributed by atoms with Gasteiger partial charge in [-0.1, -0.05) is 176 Å². The maximum Gasteiger partial charge on any atom is 0.182 e. The smallest absolute Gasteiger partial charge is 0.182 e. The molecule has 0 aliphatic heterocycles. The Hall–Kier alpha value is -10.3. The second kappa shape index (κ2) is 17.9. The molecule has 0 spiro atoms. The Morgan fingerprint density at radius 3 is 1.19 bits per heavy atom. The van der Waals surface area contributed by atoms with Gasteiger partial charge in [0.25, 0.3) is 0 Å². The van der Waals surface area contributed by atoms with Gasteiger partial charge in [-0.2, -0.15) is 0 Å². The summed E-state index contributed by atoms with van der Waals surface area (Å²) < 4.78 is 4.78. The Morgan fingerprint density at radius 2 is 0.676 bits per heavy atom. The van der Waals surface area contributed by atoms with Crippen LogP contribution in [0, 0.1) is 0 Å². The fourth-order valence-corrected chi connectivity index (χ4v) is 10.2. The highest BCUT2D eigenvalue weighted by atomic mass is 15.1. The summed E-state index contributed by atoms with van der Waals surface area (Å²) in [7, 11) is 0. The molecule has 346 valence electrons. The van der Waals surface area contributed by atoms with Gasteiger partial charge in [-0.25, -0.2) is 29.9 Å². The Bertz CT molecular complexity index is 4290. The number of hydrogen-bond acceptors (Lipinski definition) is 7. The summed E-state index contributed by atoms with van der Waals surface area (Å²) in [5.74, 6) is 3.31. The molecule has 9 heteroatoms. The maximum absolute atomic E-state index is 5.19. The van der Waals surface area contributed by atoms with Crippen LogP contribution in [0.2, 0.25) is 0 Å². The Balaban J connectivity index is 1.03. The summed E-state index contributed by atoms with van der Waals surface area (Å²) in [5, 5.41) is 4.69. The number of para-hydroxylation sites is 3. The number of pyridine rings is 1. The van der Waals surface area contributed by atoms with Crippen molar-refractivity contribution in [2.45, 2.75) is 0 Å². The summed E-state index contributed by atoms with van der Waals surface area (Å²) in [5.41, 5.74) is 13.3. The third kappa shape index (κ3) is 7.46. The van der Waals surface area contributed by atoms with E-state index in [0.29, 0.717) is 40.6 Å². The summed E-state index contributed by atoms with van der Waals surface area (Å²) in [6.07, 6.45) is 1.84. The van der Waals surface area contributed by atoms with Gasteiger partial charge in [-0.05, 0) is 72.3 Å². The molecule has 0 unspecified atom stereocenters. The van der Waals surface area contributed by atoms with Crippen LogP contribution in [0.25, 0.3) is 135 Å². The van der Waals surface area contributed by atoms with E-state index in [-0.39, 0.29) is 0 Å². The number of aromatic nitrogens is 9. The van der Waals surface area contributed by atoms with Crippen molar-refractivity contribution in [2.75, 3.05) is 0 Å². The zero-order valence-electron chi connectivity index (χ0n) is 39.7. The van der Waals surface area contributed by atoms with Crippen LogP contribution in [0.1, 0.15) is 0 Å². The van der Waals surface area contributed by atoms with Crippen LogP contribution in [0.5, 0.6) is 0 Å². The van der Waals surface area contributed by atoms with Crippen LogP contribution in [-0.2, 0) is 0 Å². The molecule has 9 nitrogen and oxygen atoms in total. The van der Waals surface area contributed by atoms with Gasteiger partial charge in [-0.3, -0.25) is 4.98 Å². The highest BCUT2D eigenvalue weighted by Crippen LogP contribution is 2.42. The van der Waals surface area contributed by atoms with E-state index < -0.39 is 0 Å². The van der Waals surface area contributed by atoms with Crippen molar-refractivity contribution >= 4 is 43.6 Å². The number of rotatable bonds is 9. The van der Waals surface area contributed by atoms with E-state index in [4.69, 9.17) is 34.9 Å². The van der Waals surface area contributed by atoms with Crippen LogP contribution in [0.4, 0.5) is 0 Å². The minimum absolute atomic E-state index is 0.461. The average Bonchev–Trinajstić information content (AvgIpc) is 4.03. The van der Waals surface area contributed by atoms with Crippen LogP contribution in [0.15, 0.2) is 249 Å². The van der Waals surface area contributed by atoms with Gasteiger partial charge in [0.05, 0.1) is 27.8 Å². The van der Waals surface area contributed by atoms with E-state index in [1.165, 1.54) is 10.8 Å². The second-order valence-electron chi connectivity index (χ2n) is 18.2. The first-order valence-electron chi connectivity index (χ1n) is 24.6. The SMILES string of the molecule is c1ccc(-c2nc(-c3ccccc3)nc(-c3ccc(-n4c5ccccc5c5cc6c7ccccc7n(-c7ccccc7)c6cc54)c(-c4ccnc(-c5nc(-c6ccccc6)nc(-c6ccccc6)n5)c4)c3)n2)cc1. The topological polar surface area (TPSA) is 100 Å². The predicted molar refractivity (Wildman–Crippen MR) is 298 cm³/mol. The predicted octanol–water partition coefficient (Wildman–Crippen LogP) is 15.3. The van der Waals surface area contributed by atoms with Gasteiger partial charge in [0.15, 0.2) is 34.9 Å². The Kier molecular flexibility index (Phi) is 10.3. The molecule has 0 N–H and O–H groups in total. The molecule has 0 radical (unpaired) electrons. The minimum Gasteiger partial charge on any atom is -0.309 e. The van der Waals surface area contributed by atoms with Crippen LogP contribution < -0.4 is 0 Å². The third-order valence-electron chi connectivity index (χ3n) is 13.7. The third-order valence-corrected chi connectivity index (χ3v) is 13.7. The largest absolute Gasteiger partial charge is 0.309 e. The molecule has 0 bridgehead atoms. The standard InChI is InChI=1S/C65H41N9/c1-6-20-42(21-7-1)60-67-61(43-22-8-2-9-23-43)70-64(69-60)47-34-35-57(51(38-47)46-36-37-66-54(39-46)65-71-62(44-24-10-3-11-25-44)68-63(72-65)45-26-12-4-13-27-45)74-56-33-19-17-31-50(56)53-40-52-49-30-16-18-32-55(49)73(58(52)41-59(53)74)48-28-14-5-15-29-48/h1-41H. The van der Waals surface area contributed by atoms with Gasteiger partial charge in [0.2, 0.25) is 0 Å². The molecule has 74 heavy (non-hydrogen) atoms. The van der Waals surface area contributed by atoms with Gasteiger partial charge < -0.3 is 9.13 Å². The normalized spacial score (nSPS) is 11.5. The molecular formula is C65H41N9. The van der Waals surface area contributed by atoms with Crippen LogP contribution in [-0.4, -0.2) is 44.0 Å². The second-order valence-corrected chi connectivity index (χ2v) is 18.2. The molecule has 0 saturated carbocycles. The molecule has 5 heterocycles. The zero-order valence-corrected chi connectivity index (χ0v) is 39.7. The first kappa shape index (κ1) is 42.6. The van der Waals surface area contributed by atoms with Gasteiger partial charge in [0, 0.05) is 66.8 Å². The summed E-state index contributed by atoms with van der Waals surface area (Å²) in [4.78, 5) is 35.5. The maximum atomic E-state index is 5.19. The lowest BCUT2D eigenvalue weighted by atomic mass is 9.99. The van der Waals surface area contributed by atoms with E-state index in [2.05, 4.69) is 130 Å². The molecule has 14 rings (SSSR count). The Labute approximate surface area is 425 Å². The first-order valence-corrected chi connectivity index (χ1v) is 24.6. The molecule has 0 fully saturated rings. The van der Waals surface area contributed by atoms with E-state index in [9.17, 15) is 0 Å². The van der Waals surface area contributed by atoms with Crippen LogP contribution in [0.3, 0.4) is 0 Å². The summed E-state index contributed by atoms with van der Waals surface area (Å²) in [6, 6.07) is 83.6. The van der Waals surface area contributed by atoms with Crippen molar-refractivity contribution in [3.05, 3.63) is 249 Å². The van der Waals surface area contributed by atoms with Gasteiger partial charge in [-0.15, -0.1) is 0 Å². The lowest BCUT2D eigenvalue weighted by Crippen LogP contribution is -2.03. The van der Waals surface area contributed by atoms with Crippen molar-refractivity contribution in [3.63, 3.8) is 0 Å². The molecule has 5 aromatic heterocycles. The van der Waals surface area contributed by atoms with Crippen molar-refractivity contribution in [3.8, 4) is 91.0 Å². The zero-order chi connectivity index (χ0) is 49.0. The fourth-order valence-electron chi connectivity index (χ4n) is 10.2. The van der Waals surface area contributed by atoms with E-state index in [1.54, 1.807) is 0 Å². The lowest BCUT2D eigenvalue weighted by Gasteiger charge is -2.17. The lowest BCUT2D eigenvalue weighted by molar-refractivity contribution is 1.06. The van der Waals surface area contributed by atoms with Gasteiger partial charge >= 0.3 is 0 Å². The van der Waals surface area contributed by atoms with Crippen molar-refractivity contribution in [1.29, 1.82) is 0 Å². The number of nitrogens with zero attached hydrogens (tertiary/aromatic N) is 9. The summed E-state index contributed by atoms with van der Waals surface area (Å²) >= 11 is 0. The molecule has 0 aliphatic rings. The molecule has 0 aliphatic carbocycles. The van der Waals surface area contributed by atoms with E-state index >= 15 is 0 Å². The summed E-state index contributed by atoms with van der Waals surface area (Å²) in [6.45, 7) is 0. The molecule has 9 aromatic carbocycles. The molecule has 0 amide bonds. The quantitative estimate of drug-likeness (QED) is 0.142. The average molecular weight is 948 g/mol. The Morgan fingerprint density at radius 1 is 0.257 bits per heavy atom. The molecule has 14 aromatic rings. The first-order chi connectivity index (χ1) is 36.7. The van der Waals surface area contributed by atoms with Crippen molar-refractivity contribution < 1.29 is 0 Å². The van der Waals surface area contributed by atoms with E-state index in [0.717, 1.165) is 83.2 Å². The number of fused-ring (bicyclic) bond motifs is 6. The van der Waals surface area contributed by atoms with E-state index in [1.807, 2.05) is 128 Å². The highest BCUT2D eigenvalue weighted by Gasteiger charge is 2.23. The monoisotopic (exact) mass is 947 g/mol. The minimum atomic E-state index is 0.461. The molecular weight excluding hydrogens is 907 g/mol. The van der Waals surface area contributed by atoms with Crippen LogP contribution >= 0.6 is 0 Å². The van der Waals surface area contributed by atoms with Gasteiger partial charge in [0.1, 0.15) is 5.69 Å². The number of hydrogen-bond donors (Lipinski definition) is 0. The van der Waals surface area contributed by atoms with Crippen molar-refractivity contribution in [1.82, 2.24) is 44.0 Å². The fraction of sp³-hybridized carbons (Fsp3) is 0. The molecule has 0 atom stereocenters. The molecule has 0 saturated heterocycles. The van der Waals surface area contributed by atoms with Crippen molar-refractivity contribution in [2.24, 2.45) is 0 Å². The number of benzene rings is 9. The highest BCUT2D eigenvalue weighted by molar-refractivity contribution is 6.19.